The normalized spacial score (nSPS) is 10.0. The summed E-state index contributed by atoms with van der Waals surface area (Å²) >= 11 is 0. The molecule has 0 spiro atoms. The summed E-state index contributed by atoms with van der Waals surface area (Å²) in [6.45, 7) is 3.22. The first kappa shape index (κ1) is 18.9. The number of hydrogen-bond acceptors (Lipinski definition) is 5. The van der Waals surface area contributed by atoms with Crippen molar-refractivity contribution < 1.29 is 23.8 Å². The highest BCUT2D eigenvalue weighted by molar-refractivity contribution is 6.56. The Labute approximate surface area is 138 Å². The molecule has 0 radical (unpaired) electrons. The van der Waals surface area contributed by atoms with E-state index in [1.165, 1.54) is 7.85 Å². The zero-order valence-corrected chi connectivity index (χ0v) is 14.3. The summed E-state index contributed by atoms with van der Waals surface area (Å²) in [5, 5.41) is 0. The van der Waals surface area contributed by atoms with E-state index in [2.05, 4.69) is 0 Å². The van der Waals surface area contributed by atoms with Crippen LogP contribution in [-0.2, 0) is 16.0 Å². The monoisotopic (exact) mass is 321 g/mol. The van der Waals surface area contributed by atoms with Crippen LogP contribution in [0.4, 0.5) is 4.79 Å². The third-order valence-corrected chi connectivity index (χ3v) is 3.31. The molecule has 1 aromatic rings. The van der Waals surface area contributed by atoms with Gasteiger partial charge in [-0.2, -0.15) is 0 Å². The summed E-state index contributed by atoms with van der Waals surface area (Å²) in [6.07, 6.45) is 0.905. The Bertz CT molecular complexity index is 535. The number of carbonyl (C=O) groups is 2. The molecule has 0 N–H and O–H groups in total. The van der Waals surface area contributed by atoms with Crippen molar-refractivity contribution in [3.05, 3.63) is 23.8 Å². The van der Waals surface area contributed by atoms with Crippen molar-refractivity contribution in [2.24, 2.45) is 0 Å². The van der Waals surface area contributed by atoms with Gasteiger partial charge in [0.2, 0.25) is 7.85 Å². The summed E-state index contributed by atoms with van der Waals surface area (Å²) < 4.78 is 15.9. The lowest BCUT2D eigenvalue weighted by molar-refractivity contribution is -0.142. The number of rotatable bonds is 9. The van der Waals surface area contributed by atoms with Gasteiger partial charge in [0.1, 0.15) is 0 Å². The highest BCUT2D eigenvalue weighted by Gasteiger charge is 2.10. The summed E-state index contributed by atoms with van der Waals surface area (Å²) in [4.78, 5) is 24.3. The third kappa shape index (κ3) is 6.63. The van der Waals surface area contributed by atoms with E-state index >= 15 is 0 Å². The highest BCUT2D eigenvalue weighted by Crippen LogP contribution is 2.28. The number of nitrogens with zero attached hydrogens (tertiary/aromatic N) is 1. The first-order valence-electron chi connectivity index (χ1n) is 7.65. The maximum Gasteiger partial charge on any atom is 0.310 e. The van der Waals surface area contributed by atoms with Gasteiger partial charge >= 0.3 is 5.97 Å². The number of amides is 1. The Morgan fingerprint density at radius 2 is 2.00 bits per heavy atom. The Kier molecular flexibility index (Phi) is 8.01. The van der Waals surface area contributed by atoms with Crippen LogP contribution in [0.15, 0.2) is 18.2 Å². The fourth-order valence-electron chi connectivity index (χ4n) is 1.96. The maximum absolute atomic E-state index is 11.5. The van der Waals surface area contributed by atoms with Crippen LogP contribution in [0, 0.1) is 0 Å². The number of benzene rings is 1. The molecule has 0 unspecified atom stereocenters. The van der Waals surface area contributed by atoms with Gasteiger partial charge in [0.05, 0.1) is 26.7 Å². The molecule has 0 aliphatic carbocycles. The smallest absolute Gasteiger partial charge is 0.310 e. The van der Waals surface area contributed by atoms with Crippen molar-refractivity contribution in [2.75, 3.05) is 33.9 Å². The largest absolute Gasteiger partial charge is 0.493 e. The molecular weight excluding hydrogens is 297 g/mol. The van der Waals surface area contributed by atoms with E-state index in [1.807, 2.05) is 6.07 Å². The van der Waals surface area contributed by atoms with E-state index in [4.69, 9.17) is 14.2 Å². The van der Waals surface area contributed by atoms with Gasteiger partial charge in [-0.05, 0) is 31.0 Å². The fourth-order valence-corrected chi connectivity index (χ4v) is 1.96. The SMILES string of the molecule is BC(=O)N(C)CCCOc1cc(CC(=O)OCC)ccc1OC. The lowest BCUT2D eigenvalue weighted by Gasteiger charge is -2.16. The molecule has 0 saturated heterocycles. The molecule has 7 heteroatoms. The number of esters is 1. The van der Waals surface area contributed by atoms with Crippen LogP contribution in [0.3, 0.4) is 0 Å². The van der Waals surface area contributed by atoms with E-state index in [-0.39, 0.29) is 18.2 Å². The topological polar surface area (TPSA) is 65.1 Å². The average Bonchev–Trinajstić information content (AvgIpc) is 2.51. The van der Waals surface area contributed by atoms with E-state index in [1.54, 1.807) is 38.1 Å². The minimum atomic E-state index is -0.272. The molecule has 1 aromatic carbocycles. The second-order valence-corrected chi connectivity index (χ2v) is 5.11. The summed E-state index contributed by atoms with van der Waals surface area (Å²) in [6, 6.07) is 5.36. The molecule has 0 aromatic heterocycles. The molecule has 0 saturated carbocycles. The molecule has 1 amide bonds. The van der Waals surface area contributed by atoms with Crippen LogP contribution >= 0.6 is 0 Å². The van der Waals surface area contributed by atoms with Crippen LogP contribution < -0.4 is 9.47 Å². The van der Waals surface area contributed by atoms with Crippen LogP contribution in [0.1, 0.15) is 18.9 Å². The Balaban J connectivity index is 2.61. The predicted molar refractivity (Wildman–Crippen MR) is 90.0 cm³/mol. The Morgan fingerprint density at radius 3 is 2.61 bits per heavy atom. The van der Waals surface area contributed by atoms with Gasteiger partial charge in [0.15, 0.2) is 17.3 Å². The molecule has 0 fully saturated rings. The van der Waals surface area contributed by atoms with E-state index < -0.39 is 0 Å². The Morgan fingerprint density at radius 1 is 1.26 bits per heavy atom. The molecule has 6 nitrogen and oxygen atoms in total. The summed E-state index contributed by atoms with van der Waals surface area (Å²) in [5.74, 6) is 0.947. The molecule has 0 aliphatic heterocycles. The van der Waals surface area contributed by atoms with Gasteiger partial charge < -0.3 is 19.1 Å². The third-order valence-electron chi connectivity index (χ3n) is 3.31. The zero-order chi connectivity index (χ0) is 17.2. The summed E-state index contributed by atoms with van der Waals surface area (Å²) in [5.41, 5.74) is 0.806. The van der Waals surface area contributed by atoms with E-state index in [9.17, 15) is 9.59 Å². The zero-order valence-electron chi connectivity index (χ0n) is 14.3. The minimum Gasteiger partial charge on any atom is -0.493 e. The van der Waals surface area contributed by atoms with Crippen LogP contribution in [-0.4, -0.2) is 58.4 Å². The van der Waals surface area contributed by atoms with Crippen LogP contribution in [0.5, 0.6) is 11.5 Å². The number of ether oxygens (including phenoxy) is 3. The van der Waals surface area contributed by atoms with Crippen molar-refractivity contribution in [1.29, 1.82) is 0 Å². The van der Waals surface area contributed by atoms with Crippen molar-refractivity contribution in [3.63, 3.8) is 0 Å². The first-order chi connectivity index (χ1) is 11.0. The fraction of sp³-hybridized carbons (Fsp3) is 0.500. The predicted octanol–water partition coefficient (Wildman–Crippen LogP) is 1.25. The van der Waals surface area contributed by atoms with Gasteiger partial charge in [0, 0.05) is 13.6 Å². The maximum atomic E-state index is 11.5. The van der Waals surface area contributed by atoms with Crippen LogP contribution in [0.25, 0.3) is 0 Å². The second-order valence-electron chi connectivity index (χ2n) is 5.11. The van der Waals surface area contributed by atoms with E-state index in [0.29, 0.717) is 37.7 Å². The van der Waals surface area contributed by atoms with Crippen molar-refractivity contribution in [2.45, 2.75) is 19.8 Å². The Hall–Kier alpha value is -2.18. The minimum absolute atomic E-state index is 0.0269. The molecule has 0 atom stereocenters. The molecular formula is C16H24BNO5. The van der Waals surface area contributed by atoms with Crippen molar-refractivity contribution in [3.8, 4) is 11.5 Å². The molecule has 0 aliphatic rings. The summed E-state index contributed by atoms with van der Waals surface area (Å²) in [7, 11) is 4.85. The van der Waals surface area contributed by atoms with Gasteiger partial charge in [-0.15, -0.1) is 0 Å². The molecule has 1 rings (SSSR count). The van der Waals surface area contributed by atoms with Crippen LogP contribution in [0.2, 0.25) is 0 Å². The standard InChI is InChI=1S/C16H24BNO5/c1-4-22-15(19)11-12-6-7-13(21-3)14(10-12)23-9-5-8-18(2)16(17)20/h6-7,10H,4-5,8-9,11,17H2,1-3H3. The number of methoxy groups -OCH3 is 1. The average molecular weight is 321 g/mol. The quantitative estimate of drug-likeness (QED) is 0.389. The molecule has 0 bridgehead atoms. The van der Waals surface area contributed by atoms with Crippen molar-refractivity contribution in [1.82, 2.24) is 4.90 Å². The van der Waals surface area contributed by atoms with Gasteiger partial charge in [-0.25, -0.2) is 0 Å². The first-order valence-corrected chi connectivity index (χ1v) is 7.65. The number of hydrogen-bond donors (Lipinski definition) is 0. The van der Waals surface area contributed by atoms with E-state index in [0.717, 1.165) is 5.56 Å². The lowest BCUT2D eigenvalue weighted by atomic mass is 10.1. The van der Waals surface area contributed by atoms with Gasteiger partial charge in [-0.3, -0.25) is 9.59 Å². The molecule has 126 valence electrons. The second kappa shape index (κ2) is 9.76. The number of carbonyl (C=O) groups excluding carboxylic acids is 2. The van der Waals surface area contributed by atoms with Gasteiger partial charge in [0.25, 0.3) is 0 Å². The lowest BCUT2D eigenvalue weighted by Crippen LogP contribution is -2.27. The van der Waals surface area contributed by atoms with Crippen molar-refractivity contribution >= 4 is 19.6 Å². The highest BCUT2D eigenvalue weighted by atomic mass is 16.5. The molecule has 0 heterocycles. The molecule has 23 heavy (non-hydrogen) atoms. The van der Waals surface area contributed by atoms with Gasteiger partial charge in [-0.1, -0.05) is 6.07 Å².